The van der Waals surface area contributed by atoms with Crippen molar-refractivity contribution in [1.29, 1.82) is 0 Å². The Morgan fingerprint density at radius 2 is 2.33 bits per heavy atom. The lowest BCUT2D eigenvalue weighted by atomic mass is 9.99. The molecule has 96 valence electrons. The first-order valence-electron chi connectivity index (χ1n) is 5.59. The van der Waals surface area contributed by atoms with E-state index in [1.165, 1.54) is 23.5 Å². The van der Waals surface area contributed by atoms with Gasteiger partial charge in [-0.2, -0.15) is 0 Å². The first-order chi connectivity index (χ1) is 8.44. The van der Waals surface area contributed by atoms with Crippen molar-refractivity contribution in [3.8, 4) is 0 Å². The maximum absolute atomic E-state index is 13.0. The van der Waals surface area contributed by atoms with Gasteiger partial charge < -0.3 is 11.1 Å². The summed E-state index contributed by atoms with van der Waals surface area (Å²) in [6.07, 6.45) is 0.548. The standard InChI is InChI=1S/C12H14FN3OS/c1-3-12(2,10(14)17)16-11-15-8-6-7(13)4-5-9(8)18-11/h4-6H,3H2,1-2H3,(H2,14,17)(H,15,16). The molecule has 6 heteroatoms. The molecule has 0 saturated carbocycles. The minimum atomic E-state index is -0.841. The van der Waals surface area contributed by atoms with Gasteiger partial charge in [0.15, 0.2) is 5.13 Å². The third kappa shape index (κ3) is 2.28. The molecule has 2 rings (SSSR count). The second-order valence-electron chi connectivity index (χ2n) is 4.31. The summed E-state index contributed by atoms with van der Waals surface area (Å²) in [5, 5.41) is 3.59. The Kier molecular flexibility index (Phi) is 3.21. The number of fused-ring (bicyclic) bond motifs is 1. The van der Waals surface area contributed by atoms with Crippen LogP contribution in [0.5, 0.6) is 0 Å². The number of carbonyl (C=O) groups excluding carboxylic acids is 1. The highest BCUT2D eigenvalue weighted by atomic mass is 32.1. The molecule has 0 saturated heterocycles. The van der Waals surface area contributed by atoms with Gasteiger partial charge in [-0.05, 0) is 25.5 Å². The molecule has 1 aromatic heterocycles. The molecule has 0 aliphatic heterocycles. The molecule has 1 atom stereocenters. The van der Waals surface area contributed by atoms with E-state index in [2.05, 4.69) is 10.3 Å². The first-order valence-corrected chi connectivity index (χ1v) is 6.40. The number of rotatable bonds is 4. The summed E-state index contributed by atoms with van der Waals surface area (Å²) < 4.78 is 13.9. The van der Waals surface area contributed by atoms with E-state index in [0.717, 1.165) is 4.70 Å². The number of benzene rings is 1. The number of nitrogens with zero attached hydrogens (tertiary/aromatic N) is 1. The summed E-state index contributed by atoms with van der Waals surface area (Å²) in [7, 11) is 0. The van der Waals surface area contributed by atoms with Crippen LogP contribution in [0.25, 0.3) is 10.2 Å². The van der Waals surface area contributed by atoms with E-state index in [-0.39, 0.29) is 5.82 Å². The minimum Gasteiger partial charge on any atom is -0.368 e. The van der Waals surface area contributed by atoms with Crippen LogP contribution in [0, 0.1) is 5.82 Å². The van der Waals surface area contributed by atoms with Gasteiger partial charge in [0.25, 0.3) is 0 Å². The van der Waals surface area contributed by atoms with E-state index in [4.69, 9.17) is 5.73 Å². The molecule has 0 aliphatic rings. The molecule has 0 radical (unpaired) electrons. The Balaban J connectivity index is 2.35. The molecular formula is C12H14FN3OS. The van der Waals surface area contributed by atoms with E-state index in [0.29, 0.717) is 17.1 Å². The van der Waals surface area contributed by atoms with Crippen molar-refractivity contribution in [2.75, 3.05) is 5.32 Å². The van der Waals surface area contributed by atoms with E-state index in [9.17, 15) is 9.18 Å². The van der Waals surface area contributed by atoms with Crippen LogP contribution in [0.2, 0.25) is 0 Å². The van der Waals surface area contributed by atoms with Gasteiger partial charge in [0, 0.05) is 6.07 Å². The number of primary amides is 1. The molecule has 0 bridgehead atoms. The van der Waals surface area contributed by atoms with E-state index in [1.807, 2.05) is 6.92 Å². The second kappa shape index (κ2) is 4.53. The summed E-state index contributed by atoms with van der Waals surface area (Å²) >= 11 is 1.37. The van der Waals surface area contributed by atoms with Gasteiger partial charge in [-0.15, -0.1) is 0 Å². The molecule has 1 heterocycles. The van der Waals surface area contributed by atoms with Crippen LogP contribution in [0.4, 0.5) is 9.52 Å². The van der Waals surface area contributed by atoms with E-state index < -0.39 is 11.4 Å². The Bertz CT molecular complexity index is 598. The second-order valence-corrected chi connectivity index (χ2v) is 5.34. The molecule has 1 unspecified atom stereocenters. The summed E-state index contributed by atoms with van der Waals surface area (Å²) in [6, 6.07) is 4.42. The SMILES string of the molecule is CCC(C)(Nc1nc2cc(F)ccc2s1)C(N)=O. The van der Waals surface area contributed by atoms with Gasteiger partial charge in [0.2, 0.25) is 5.91 Å². The van der Waals surface area contributed by atoms with Crippen molar-refractivity contribution >= 4 is 32.6 Å². The van der Waals surface area contributed by atoms with Gasteiger partial charge in [-0.1, -0.05) is 18.3 Å². The zero-order chi connectivity index (χ0) is 13.3. The molecule has 0 spiro atoms. The molecule has 1 aromatic carbocycles. The average molecular weight is 267 g/mol. The van der Waals surface area contributed by atoms with Crippen LogP contribution >= 0.6 is 11.3 Å². The number of amides is 1. The zero-order valence-corrected chi connectivity index (χ0v) is 11.0. The number of anilines is 1. The summed E-state index contributed by atoms with van der Waals surface area (Å²) in [5.41, 5.74) is 5.10. The van der Waals surface area contributed by atoms with E-state index >= 15 is 0 Å². The van der Waals surface area contributed by atoms with Gasteiger partial charge in [0.05, 0.1) is 10.2 Å². The monoisotopic (exact) mass is 267 g/mol. The van der Waals surface area contributed by atoms with Crippen molar-refractivity contribution < 1.29 is 9.18 Å². The first kappa shape index (κ1) is 12.8. The Morgan fingerprint density at radius 3 is 2.94 bits per heavy atom. The van der Waals surface area contributed by atoms with Crippen LogP contribution < -0.4 is 11.1 Å². The van der Waals surface area contributed by atoms with Crippen LogP contribution in [0.1, 0.15) is 20.3 Å². The predicted molar refractivity (Wildman–Crippen MR) is 71.1 cm³/mol. The molecular weight excluding hydrogens is 253 g/mol. The van der Waals surface area contributed by atoms with Crippen molar-refractivity contribution in [3.05, 3.63) is 24.0 Å². The van der Waals surface area contributed by atoms with Crippen molar-refractivity contribution in [1.82, 2.24) is 4.98 Å². The Hall–Kier alpha value is -1.69. The summed E-state index contributed by atoms with van der Waals surface area (Å²) in [4.78, 5) is 15.7. The lowest BCUT2D eigenvalue weighted by Crippen LogP contribution is -2.47. The fourth-order valence-electron chi connectivity index (χ4n) is 1.51. The third-order valence-corrected chi connectivity index (χ3v) is 3.94. The highest BCUT2D eigenvalue weighted by Crippen LogP contribution is 2.29. The van der Waals surface area contributed by atoms with Gasteiger partial charge in [-0.3, -0.25) is 4.79 Å². The van der Waals surface area contributed by atoms with Crippen LogP contribution in [-0.2, 0) is 4.79 Å². The largest absolute Gasteiger partial charge is 0.368 e. The Labute approximate surface area is 108 Å². The number of hydrogen-bond donors (Lipinski definition) is 2. The average Bonchev–Trinajstić information content (AvgIpc) is 2.69. The number of aromatic nitrogens is 1. The summed E-state index contributed by atoms with van der Waals surface area (Å²) in [6.45, 7) is 3.59. The highest BCUT2D eigenvalue weighted by molar-refractivity contribution is 7.22. The molecule has 4 nitrogen and oxygen atoms in total. The Morgan fingerprint density at radius 1 is 1.61 bits per heavy atom. The molecule has 2 aromatic rings. The molecule has 3 N–H and O–H groups in total. The van der Waals surface area contributed by atoms with Crippen molar-refractivity contribution in [2.45, 2.75) is 25.8 Å². The third-order valence-electron chi connectivity index (χ3n) is 2.98. The number of thiazole rings is 1. The fourth-order valence-corrected chi connectivity index (χ4v) is 2.49. The van der Waals surface area contributed by atoms with Gasteiger partial charge in [-0.25, -0.2) is 9.37 Å². The van der Waals surface area contributed by atoms with Crippen molar-refractivity contribution in [2.24, 2.45) is 5.73 Å². The number of hydrogen-bond acceptors (Lipinski definition) is 4. The quantitative estimate of drug-likeness (QED) is 0.894. The molecule has 1 amide bonds. The molecule has 0 fully saturated rings. The van der Waals surface area contributed by atoms with Crippen LogP contribution in [-0.4, -0.2) is 16.4 Å². The van der Waals surface area contributed by atoms with Gasteiger partial charge in [0.1, 0.15) is 11.4 Å². The van der Waals surface area contributed by atoms with Crippen LogP contribution in [0.15, 0.2) is 18.2 Å². The normalized spacial score (nSPS) is 14.4. The fraction of sp³-hybridized carbons (Fsp3) is 0.333. The molecule has 18 heavy (non-hydrogen) atoms. The maximum atomic E-state index is 13.0. The van der Waals surface area contributed by atoms with E-state index in [1.54, 1.807) is 13.0 Å². The molecule has 0 aliphatic carbocycles. The topological polar surface area (TPSA) is 68.0 Å². The number of nitrogens with two attached hydrogens (primary N) is 1. The van der Waals surface area contributed by atoms with Gasteiger partial charge >= 0.3 is 0 Å². The van der Waals surface area contributed by atoms with Crippen molar-refractivity contribution in [3.63, 3.8) is 0 Å². The maximum Gasteiger partial charge on any atom is 0.242 e. The lowest BCUT2D eigenvalue weighted by Gasteiger charge is -2.25. The highest BCUT2D eigenvalue weighted by Gasteiger charge is 2.29. The lowest BCUT2D eigenvalue weighted by molar-refractivity contribution is -0.121. The zero-order valence-electron chi connectivity index (χ0n) is 10.2. The van der Waals surface area contributed by atoms with Crippen LogP contribution in [0.3, 0.4) is 0 Å². The summed E-state index contributed by atoms with van der Waals surface area (Å²) in [5.74, 6) is -0.761. The number of halogens is 1. The smallest absolute Gasteiger partial charge is 0.242 e. The minimum absolute atomic E-state index is 0.326. The number of carbonyl (C=O) groups is 1. The number of nitrogens with one attached hydrogen (secondary N) is 1. The predicted octanol–water partition coefficient (Wildman–Crippen LogP) is 2.50.